The molecule has 0 unspecified atom stereocenters. The Balaban J connectivity index is 1.58. The molecule has 0 spiro atoms. The highest BCUT2D eigenvalue weighted by Gasteiger charge is 2.11. The summed E-state index contributed by atoms with van der Waals surface area (Å²) in [7, 11) is 1.86. The lowest BCUT2D eigenvalue weighted by Gasteiger charge is -2.14. The van der Waals surface area contributed by atoms with Gasteiger partial charge in [-0.15, -0.1) is 0 Å². The predicted octanol–water partition coefficient (Wildman–Crippen LogP) is 6.46. The third-order valence-electron chi connectivity index (χ3n) is 5.17. The molecular formula is C28H28N4O. The van der Waals surface area contributed by atoms with Crippen molar-refractivity contribution in [1.29, 1.82) is 0 Å². The molecule has 33 heavy (non-hydrogen) atoms. The topological polar surface area (TPSA) is 50.6 Å². The lowest BCUT2D eigenvalue weighted by molar-refractivity contribution is 0.309. The smallest absolute Gasteiger partial charge is 0.247 e. The van der Waals surface area contributed by atoms with Gasteiger partial charge in [-0.25, -0.2) is 15.0 Å². The molecule has 0 atom stereocenters. The first-order valence-corrected chi connectivity index (χ1v) is 11.2. The predicted molar refractivity (Wildman–Crippen MR) is 136 cm³/mol. The van der Waals surface area contributed by atoms with Crippen LogP contribution in [0.25, 0.3) is 22.5 Å². The number of unbranched alkanes of at least 4 members (excludes halogenated alkanes) is 1. The molecule has 4 rings (SSSR count). The molecule has 0 bridgehead atoms. The van der Waals surface area contributed by atoms with Crippen LogP contribution < -0.4 is 9.75 Å². The van der Waals surface area contributed by atoms with E-state index >= 15 is 0 Å². The molecule has 0 saturated heterocycles. The van der Waals surface area contributed by atoms with Gasteiger partial charge in [-0.1, -0.05) is 74.0 Å². The van der Waals surface area contributed by atoms with Crippen molar-refractivity contribution in [2.24, 2.45) is 5.10 Å². The first-order valence-electron chi connectivity index (χ1n) is 11.2. The summed E-state index contributed by atoms with van der Waals surface area (Å²) in [5, 5.41) is 6.28. The van der Waals surface area contributed by atoms with Crippen molar-refractivity contribution in [3.63, 3.8) is 0 Å². The Morgan fingerprint density at radius 1 is 0.818 bits per heavy atom. The quantitative estimate of drug-likeness (QED) is 0.172. The summed E-state index contributed by atoms with van der Waals surface area (Å²) in [4.78, 5) is 9.56. The zero-order valence-electron chi connectivity index (χ0n) is 19.1. The highest BCUT2D eigenvalue weighted by Crippen LogP contribution is 2.26. The number of hydrogen-bond donors (Lipinski definition) is 0. The van der Waals surface area contributed by atoms with Crippen LogP contribution >= 0.6 is 0 Å². The highest BCUT2D eigenvalue weighted by molar-refractivity contribution is 5.80. The number of nitrogens with zero attached hydrogens (tertiary/aromatic N) is 4. The Morgan fingerprint density at radius 3 is 1.94 bits per heavy atom. The van der Waals surface area contributed by atoms with Gasteiger partial charge in [-0.2, -0.15) is 5.10 Å². The van der Waals surface area contributed by atoms with Gasteiger partial charge in [-0.05, 0) is 42.3 Å². The van der Waals surface area contributed by atoms with Gasteiger partial charge in [-0.3, -0.25) is 0 Å². The monoisotopic (exact) mass is 436 g/mol. The van der Waals surface area contributed by atoms with E-state index in [9.17, 15) is 0 Å². The number of hydrazone groups is 1. The summed E-state index contributed by atoms with van der Waals surface area (Å²) in [6, 6.07) is 30.2. The maximum Gasteiger partial charge on any atom is 0.247 e. The first-order chi connectivity index (χ1) is 16.2. The van der Waals surface area contributed by atoms with E-state index in [0.717, 1.165) is 53.3 Å². The van der Waals surface area contributed by atoms with Crippen molar-refractivity contribution in [3.05, 3.63) is 96.6 Å². The van der Waals surface area contributed by atoms with Crippen LogP contribution in [0, 0.1) is 0 Å². The van der Waals surface area contributed by atoms with Crippen LogP contribution in [-0.2, 0) is 0 Å². The average molecular weight is 437 g/mol. The van der Waals surface area contributed by atoms with Crippen LogP contribution in [0.5, 0.6) is 5.75 Å². The second-order valence-corrected chi connectivity index (χ2v) is 7.71. The lowest BCUT2D eigenvalue weighted by Crippen LogP contribution is -2.13. The van der Waals surface area contributed by atoms with Crippen LogP contribution in [0.1, 0.15) is 25.3 Å². The molecule has 0 aliphatic rings. The van der Waals surface area contributed by atoms with Crippen LogP contribution in [-0.4, -0.2) is 29.8 Å². The Hall–Kier alpha value is -3.99. The van der Waals surface area contributed by atoms with Gasteiger partial charge in [0.05, 0.1) is 24.2 Å². The van der Waals surface area contributed by atoms with Crippen LogP contribution in [0.3, 0.4) is 0 Å². The summed E-state index contributed by atoms with van der Waals surface area (Å²) in [5.41, 5.74) is 4.76. The summed E-state index contributed by atoms with van der Waals surface area (Å²) < 4.78 is 5.73. The minimum Gasteiger partial charge on any atom is -0.494 e. The molecule has 1 heterocycles. The van der Waals surface area contributed by atoms with Crippen molar-refractivity contribution in [1.82, 2.24) is 9.97 Å². The van der Waals surface area contributed by atoms with Gasteiger partial charge in [0.1, 0.15) is 5.75 Å². The van der Waals surface area contributed by atoms with Crippen molar-refractivity contribution >= 4 is 12.2 Å². The van der Waals surface area contributed by atoms with Gasteiger partial charge in [0.25, 0.3) is 0 Å². The zero-order chi connectivity index (χ0) is 22.9. The first kappa shape index (κ1) is 22.2. The molecule has 0 N–H and O–H groups in total. The minimum absolute atomic E-state index is 0.533. The number of hydrogen-bond acceptors (Lipinski definition) is 5. The molecule has 0 saturated carbocycles. The highest BCUT2D eigenvalue weighted by atomic mass is 16.5. The molecule has 5 heteroatoms. The molecule has 1 aromatic heterocycles. The van der Waals surface area contributed by atoms with E-state index in [4.69, 9.17) is 14.7 Å². The van der Waals surface area contributed by atoms with Gasteiger partial charge in [0.2, 0.25) is 5.95 Å². The number of aromatic nitrogens is 2. The largest absolute Gasteiger partial charge is 0.494 e. The van der Waals surface area contributed by atoms with Crippen LogP contribution in [0.2, 0.25) is 0 Å². The Labute approximate surface area is 195 Å². The van der Waals surface area contributed by atoms with E-state index in [2.05, 4.69) is 12.0 Å². The fourth-order valence-corrected chi connectivity index (χ4v) is 3.28. The number of benzene rings is 3. The summed E-state index contributed by atoms with van der Waals surface area (Å²) in [6.07, 6.45) is 3.98. The molecule has 166 valence electrons. The van der Waals surface area contributed by atoms with E-state index in [1.165, 1.54) is 0 Å². The molecule has 5 nitrogen and oxygen atoms in total. The summed E-state index contributed by atoms with van der Waals surface area (Å²) in [6.45, 7) is 2.90. The van der Waals surface area contributed by atoms with Gasteiger partial charge < -0.3 is 4.74 Å². The van der Waals surface area contributed by atoms with Crippen molar-refractivity contribution in [2.45, 2.75) is 19.8 Å². The fourth-order valence-electron chi connectivity index (χ4n) is 3.28. The standard InChI is InChI=1S/C28H28N4O/c1-3-4-19-33-25-17-15-22(16-18-25)21-29-32(2)28-30-26(23-11-7-5-8-12-23)20-27(31-28)24-13-9-6-10-14-24/h5-18,20-21H,3-4,19H2,1-2H3. The van der Waals surface area contributed by atoms with E-state index in [0.29, 0.717) is 5.95 Å². The molecule has 0 amide bonds. The minimum atomic E-state index is 0.533. The lowest BCUT2D eigenvalue weighted by atomic mass is 10.1. The van der Waals surface area contributed by atoms with E-state index in [1.54, 1.807) is 11.2 Å². The fraction of sp³-hybridized carbons (Fsp3) is 0.179. The van der Waals surface area contributed by atoms with Crippen molar-refractivity contribution in [2.75, 3.05) is 18.7 Å². The molecule has 0 fully saturated rings. The summed E-state index contributed by atoms with van der Waals surface area (Å²) >= 11 is 0. The normalized spacial score (nSPS) is 11.0. The molecule has 3 aromatic carbocycles. The van der Waals surface area contributed by atoms with E-state index in [-0.39, 0.29) is 0 Å². The second-order valence-electron chi connectivity index (χ2n) is 7.71. The Kier molecular flexibility index (Phi) is 7.44. The van der Waals surface area contributed by atoms with E-state index < -0.39 is 0 Å². The van der Waals surface area contributed by atoms with Crippen LogP contribution in [0.4, 0.5) is 5.95 Å². The van der Waals surface area contributed by atoms with Gasteiger partial charge >= 0.3 is 0 Å². The van der Waals surface area contributed by atoms with Crippen molar-refractivity contribution < 1.29 is 4.74 Å². The third kappa shape index (κ3) is 6.04. The molecule has 0 radical (unpaired) electrons. The Morgan fingerprint density at radius 2 is 1.39 bits per heavy atom. The van der Waals surface area contributed by atoms with Crippen LogP contribution in [0.15, 0.2) is 96.1 Å². The van der Waals surface area contributed by atoms with Gasteiger partial charge in [0, 0.05) is 18.2 Å². The number of rotatable bonds is 9. The molecule has 0 aliphatic carbocycles. The van der Waals surface area contributed by atoms with Gasteiger partial charge in [0.15, 0.2) is 0 Å². The maximum atomic E-state index is 5.73. The van der Waals surface area contributed by atoms with Crippen molar-refractivity contribution in [3.8, 4) is 28.3 Å². The average Bonchev–Trinajstić information content (AvgIpc) is 2.89. The zero-order valence-corrected chi connectivity index (χ0v) is 19.1. The summed E-state index contributed by atoms with van der Waals surface area (Å²) in [5.74, 6) is 1.41. The molecule has 4 aromatic rings. The maximum absolute atomic E-state index is 5.73. The molecular weight excluding hydrogens is 408 g/mol. The third-order valence-corrected chi connectivity index (χ3v) is 5.17. The number of anilines is 1. The Bertz CT molecular complexity index is 1120. The second kappa shape index (κ2) is 11.0. The molecule has 0 aliphatic heterocycles. The number of ether oxygens (including phenoxy) is 1. The SMILES string of the molecule is CCCCOc1ccc(C=NN(C)c2nc(-c3ccccc3)cc(-c3ccccc3)n2)cc1. The van der Waals surface area contributed by atoms with E-state index in [1.807, 2.05) is 98.0 Å².